The van der Waals surface area contributed by atoms with Crippen LogP contribution < -0.4 is 9.64 Å². The molecule has 0 radical (unpaired) electrons. The molecule has 3 saturated heterocycles. The number of fused-ring (bicyclic) bond motifs is 1. The smallest absolute Gasteiger partial charge is 0.308 e. The molecule has 2 bridgehead atoms. The highest BCUT2D eigenvalue weighted by Crippen LogP contribution is 2.66. The fourth-order valence-electron chi connectivity index (χ4n) is 5.56. The zero-order valence-corrected chi connectivity index (χ0v) is 18.8. The minimum atomic E-state index is -0.976. The predicted octanol–water partition coefficient (Wildman–Crippen LogP) is 1.77. The van der Waals surface area contributed by atoms with Crippen molar-refractivity contribution in [3.63, 3.8) is 0 Å². The van der Waals surface area contributed by atoms with Crippen LogP contribution in [0.15, 0.2) is 36.9 Å². The maximum absolute atomic E-state index is 14.0. The number of benzene rings is 1. The second kappa shape index (κ2) is 8.78. The van der Waals surface area contributed by atoms with E-state index in [9.17, 15) is 24.6 Å². The molecule has 5 atom stereocenters. The number of likely N-dealkylation sites (tertiary alicyclic amines) is 1. The molecule has 3 fully saturated rings. The summed E-state index contributed by atoms with van der Waals surface area (Å²) in [5.74, 6) is -2.36. The maximum Gasteiger partial charge on any atom is 0.308 e. The molecule has 172 valence electrons. The molecule has 2 unspecified atom stereocenters. The number of aliphatic carboxylic acids is 1. The Morgan fingerprint density at radius 1 is 1.38 bits per heavy atom. The number of carbonyl (C=O) groups is 3. The molecule has 3 aliphatic rings. The normalized spacial score (nSPS) is 30.3. The Bertz CT molecular complexity index is 922. The molecular weight excluding hydrogens is 432 g/mol. The van der Waals surface area contributed by atoms with E-state index in [4.69, 9.17) is 4.74 Å². The molecule has 0 saturated carbocycles. The molecule has 0 aromatic heterocycles. The Morgan fingerprint density at radius 2 is 2.09 bits per heavy atom. The lowest BCUT2D eigenvalue weighted by atomic mass is 9.71. The van der Waals surface area contributed by atoms with Crippen LogP contribution in [0.3, 0.4) is 0 Å². The minimum Gasteiger partial charge on any atom is -0.497 e. The van der Waals surface area contributed by atoms with Gasteiger partial charge in [-0.1, -0.05) is 6.08 Å². The molecule has 1 aromatic carbocycles. The van der Waals surface area contributed by atoms with E-state index in [1.165, 1.54) is 16.7 Å². The van der Waals surface area contributed by atoms with Crippen molar-refractivity contribution in [3.8, 4) is 5.75 Å². The summed E-state index contributed by atoms with van der Waals surface area (Å²) in [6, 6.07) is 6.31. The molecule has 3 aliphatic heterocycles. The highest BCUT2D eigenvalue weighted by molar-refractivity contribution is 8.02. The SMILES string of the molecule is C=CCN(C(=O)C1N(CCCO)C(=O)[C@@H]2[C@@H](C(=O)O)[C@H]3CCC12S3)c1ccc(OC)cc1. The summed E-state index contributed by atoms with van der Waals surface area (Å²) < 4.78 is 4.45. The van der Waals surface area contributed by atoms with Crippen LogP contribution in [0.2, 0.25) is 0 Å². The molecule has 0 aliphatic carbocycles. The summed E-state index contributed by atoms with van der Waals surface area (Å²) in [5, 5.41) is 19.1. The van der Waals surface area contributed by atoms with E-state index in [0.717, 1.165) is 0 Å². The Balaban J connectivity index is 1.75. The summed E-state index contributed by atoms with van der Waals surface area (Å²) in [7, 11) is 1.57. The van der Waals surface area contributed by atoms with E-state index in [2.05, 4.69) is 6.58 Å². The Labute approximate surface area is 191 Å². The number of anilines is 1. The number of rotatable bonds is 9. The number of amides is 2. The monoisotopic (exact) mass is 460 g/mol. The molecule has 1 spiro atoms. The Morgan fingerprint density at radius 3 is 2.69 bits per heavy atom. The van der Waals surface area contributed by atoms with Crippen molar-refractivity contribution in [2.24, 2.45) is 11.8 Å². The van der Waals surface area contributed by atoms with Gasteiger partial charge < -0.3 is 24.7 Å². The van der Waals surface area contributed by atoms with Gasteiger partial charge in [0.1, 0.15) is 11.8 Å². The second-order valence-electron chi connectivity index (χ2n) is 8.44. The molecule has 4 rings (SSSR count). The van der Waals surface area contributed by atoms with Crippen LogP contribution in [-0.4, -0.2) is 75.7 Å². The molecule has 1 aromatic rings. The van der Waals surface area contributed by atoms with Crippen molar-refractivity contribution in [1.29, 1.82) is 0 Å². The third-order valence-electron chi connectivity index (χ3n) is 6.84. The van der Waals surface area contributed by atoms with Gasteiger partial charge in [-0.05, 0) is 43.5 Å². The predicted molar refractivity (Wildman–Crippen MR) is 121 cm³/mol. The maximum atomic E-state index is 14.0. The third-order valence-corrected chi connectivity index (χ3v) is 8.79. The average Bonchev–Trinajstić information content (AvgIpc) is 3.43. The fourth-order valence-corrected chi connectivity index (χ4v) is 7.76. The van der Waals surface area contributed by atoms with E-state index in [1.807, 2.05) is 0 Å². The number of thioether (sulfide) groups is 1. The molecule has 2 amide bonds. The first-order valence-corrected chi connectivity index (χ1v) is 11.7. The van der Waals surface area contributed by atoms with Gasteiger partial charge in [0.05, 0.1) is 23.7 Å². The van der Waals surface area contributed by atoms with Crippen LogP contribution >= 0.6 is 11.8 Å². The first-order valence-electron chi connectivity index (χ1n) is 10.8. The van der Waals surface area contributed by atoms with E-state index in [-0.39, 0.29) is 36.8 Å². The van der Waals surface area contributed by atoms with Gasteiger partial charge in [-0.3, -0.25) is 14.4 Å². The molecule has 8 nitrogen and oxygen atoms in total. The number of nitrogens with zero attached hydrogens (tertiary/aromatic N) is 2. The lowest BCUT2D eigenvalue weighted by Crippen LogP contribution is -2.55. The van der Waals surface area contributed by atoms with Crippen LogP contribution in [-0.2, 0) is 14.4 Å². The van der Waals surface area contributed by atoms with Gasteiger partial charge in [-0.25, -0.2) is 0 Å². The first kappa shape index (κ1) is 22.7. The van der Waals surface area contributed by atoms with Crippen LogP contribution in [0.1, 0.15) is 19.3 Å². The summed E-state index contributed by atoms with van der Waals surface area (Å²) in [5.41, 5.74) is 0.650. The zero-order valence-electron chi connectivity index (χ0n) is 18.0. The average molecular weight is 461 g/mol. The number of ether oxygens (including phenoxy) is 1. The number of carbonyl (C=O) groups excluding carboxylic acids is 2. The zero-order chi connectivity index (χ0) is 23.0. The lowest BCUT2D eigenvalue weighted by molar-refractivity contribution is -0.148. The van der Waals surface area contributed by atoms with Gasteiger partial charge in [0.15, 0.2) is 0 Å². The minimum absolute atomic E-state index is 0.116. The molecule has 3 heterocycles. The number of methoxy groups -OCH3 is 1. The van der Waals surface area contributed by atoms with Crippen LogP contribution in [0, 0.1) is 11.8 Å². The molecule has 32 heavy (non-hydrogen) atoms. The summed E-state index contributed by atoms with van der Waals surface area (Å²) >= 11 is 1.50. The number of aliphatic hydroxyl groups is 1. The van der Waals surface area contributed by atoms with E-state index >= 15 is 0 Å². The number of hydrogen-bond acceptors (Lipinski definition) is 6. The summed E-state index contributed by atoms with van der Waals surface area (Å²) in [6.07, 6.45) is 3.26. The first-order chi connectivity index (χ1) is 15.4. The number of aliphatic hydroxyl groups excluding tert-OH is 1. The third kappa shape index (κ3) is 3.38. The van der Waals surface area contributed by atoms with E-state index < -0.39 is 28.6 Å². The fraction of sp³-hybridized carbons (Fsp3) is 0.522. The van der Waals surface area contributed by atoms with Gasteiger partial charge in [0.2, 0.25) is 5.91 Å². The second-order valence-corrected chi connectivity index (χ2v) is 10.0. The van der Waals surface area contributed by atoms with Crippen LogP contribution in [0.5, 0.6) is 5.75 Å². The number of hydrogen-bond donors (Lipinski definition) is 2. The van der Waals surface area contributed by atoms with Gasteiger partial charge in [-0.15, -0.1) is 18.3 Å². The Kier molecular flexibility index (Phi) is 6.22. The van der Waals surface area contributed by atoms with E-state index in [0.29, 0.717) is 30.7 Å². The van der Waals surface area contributed by atoms with Crippen molar-refractivity contribution < 1.29 is 29.3 Å². The van der Waals surface area contributed by atoms with Crippen molar-refractivity contribution in [3.05, 3.63) is 36.9 Å². The lowest BCUT2D eigenvalue weighted by Gasteiger charge is -2.37. The molecular formula is C23H28N2O6S. The van der Waals surface area contributed by atoms with Crippen molar-refractivity contribution >= 4 is 35.2 Å². The van der Waals surface area contributed by atoms with Crippen LogP contribution in [0.25, 0.3) is 0 Å². The summed E-state index contributed by atoms with van der Waals surface area (Å²) in [6.45, 7) is 4.13. The quantitative estimate of drug-likeness (QED) is 0.541. The Hall–Kier alpha value is -2.52. The molecule has 2 N–H and O–H groups in total. The van der Waals surface area contributed by atoms with Crippen molar-refractivity contribution in [2.45, 2.75) is 35.3 Å². The van der Waals surface area contributed by atoms with Gasteiger partial charge in [0.25, 0.3) is 5.91 Å². The number of carboxylic acid groups (broad SMARTS) is 1. The molecule has 9 heteroatoms. The highest BCUT2D eigenvalue weighted by Gasteiger charge is 2.73. The van der Waals surface area contributed by atoms with Crippen molar-refractivity contribution in [1.82, 2.24) is 4.90 Å². The van der Waals surface area contributed by atoms with Gasteiger partial charge >= 0.3 is 5.97 Å². The summed E-state index contributed by atoms with van der Waals surface area (Å²) in [4.78, 5) is 42.7. The number of carboxylic acids is 1. The van der Waals surface area contributed by atoms with Crippen molar-refractivity contribution in [2.75, 3.05) is 31.7 Å². The standard InChI is InChI=1S/C23H28N2O6S/c1-3-11-24(14-5-7-15(31-2)8-6-14)21(28)19-23-10-9-16(32-23)17(22(29)30)18(23)20(27)25(19)12-4-13-26/h3,5-8,16-19,26H,1,4,9-13H2,2H3,(H,29,30)/t16-,17+,18+,19?,23?/m1/s1. The van der Waals surface area contributed by atoms with Gasteiger partial charge in [0, 0.05) is 30.6 Å². The van der Waals surface area contributed by atoms with Gasteiger partial charge in [-0.2, -0.15) is 0 Å². The topological polar surface area (TPSA) is 107 Å². The van der Waals surface area contributed by atoms with Crippen LogP contribution in [0.4, 0.5) is 5.69 Å². The highest BCUT2D eigenvalue weighted by atomic mass is 32.2. The largest absolute Gasteiger partial charge is 0.497 e. The van der Waals surface area contributed by atoms with E-state index in [1.54, 1.807) is 42.4 Å².